The van der Waals surface area contributed by atoms with Crippen LogP contribution < -0.4 is 0 Å². The maximum absolute atomic E-state index is 12.7. The zero-order valence-corrected chi connectivity index (χ0v) is 7.51. The van der Waals surface area contributed by atoms with Gasteiger partial charge in [0.1, 0.15) is 11.0 Å². The molecule has 0 saturated carbocycles. The summed E-state index contributed by atoms with van der Waals surface area (Å²) in [4.78, 5) is 11.4. The van der Waals surface area contributed by atoms with Crippen LogP contribution in [0.15, 0.2) is 12.3 Å². The smallest absolute Gasteiger partial charge is 0.213 e. The third-order valence-corrected chi connectivity index (χ3v) is 1.90. The van der Waals surface area contributed by atoms with Crippen LogP contribution in [0.2, 0.25) is 5.15 Å². The Labute approximate surface area is 78.6 Å². The number of pyridine rings is 1. The summed E-state index contributed by atoms with van der Waals surface area (Å²) < 4.78 is 12.7. The Kier molecular flexibility index (Phi) is 1.84. The minimum absolute atomic E-state index is 0.254. The van der Waals surface area contributed by atoms with Crippen LogP contribution in [-0.2, 0) is 0 Å². The summed E-state index contributed by atoms with van der Waals surface area (Å²) in [6.45, 7) is 1.72. The third-order valence-electron chi connectivity index (χ3n) is 1.61. The van der Waals surface area contributed by atoms with Crippen molar-refractivity contribution in [2.75, 3.05) is 0 Å². The van der Waals surface area contributed by atoms with Gasteiger partial charge in [0.2, 0.25) is 5.95 Å². The van der Waals surface area contributed by atoms with Gasteiger partial charge in [0.05, 0.1) is 11.7 Å². The second-order valence-electron chi connectivity index (χ2n) is 2.59. The topological polar surface area (TPSA) is 38.7 Å². The van der Waals surface area contributed by atoms with Gasteiger partial charge < -0.3 is 0 Å². The van der Waals surface area contributed by atoms with Gasteiger partial charge in [-0.25, -0.2) is 15.0 Å². The number of fused-ring (bicyclic) bond motifs is 1. The molecule has 5 heteroatoms. The maximum Gasteiger partial charge on any atom is 0.213 e. The highest BCUT2D eigenvalue weighted by molar-refractivity contribution is 6.34. The van der Waals surface area contributed by atoms with Crippen molar-refractivity contribution in [3.8, 4) is 0 Å². The van der Waals surface area contributed by atoms with Crippen molar-refractivity contribution in [3.63, 3.8) is 0 Å². The Bertz CT molecular complexity index is 472. The van der Waals surface area contributed by atoms with Crippen molar-refractivity contribution in [1.29, 1.82) is 0 Å². The lowest BCUT2D eigenvalue weighted by Crippen LogP contribution is -1.92. The maximum atomic E-state index is 12.7. The van der Waals surface area contributed by atoms with Crippen LogP contribution in [0.5, 0.6) is 0 Å². The van der Waals surface area contributed by atoms with Crippen LogP contribution >= 0.6 is 11.6 Å². The molecule has 0 amide bonds. The van der Waals surface area contributed by atoms with E-state index in [4.69, 9.17) is 11.6 Å². The lowest BCUT2D eigenvalue weighted by Gasteiger charge is -1.99. The molecule has 2 rings (SSSR count). The number of hydrogen-bond acceptors (Lipinski definition) is 3. The molecule has 0 N–H and O–H groups in total. The molecule has 0 aliphatic heterocycles. The van der Waals surface area contributed by atoms with Gasteiger partial charge in [0.15, 0.2) is 0 Å². The average Bonchev–Trinajstić information content (AvgIpc) is 2.06. The first kappa shape index (κ1) is 8.31. The molecular weight excluding hydrogens is 193 g/mol. The zero-order chi connectivity index (χ0) is 9.42. The van der Waals surface area contributed by atoms with E-state index < -0.39 is 5.95 Å². The second kappa shape index (κ2) is 2.88. The Morgan fingerprint density at radius 3 is 2.92 bits per heavy atom. The monoisotopic (exact) mass is 197 g/mol. The molecule has 0 radical (unpaired) electrons. The van der Waals surface area contributed by atoms with E-state index in [1.165, 1.54) is 12.3 Å². The molecule has 2 aromatic heterocycles. The van der Waals surface area contributed by atoms with Crippen molar-refractivity contribution in [2.45, 2.75) is 6.92 Å². The fourth-order valence-electron chi connectivity index (χ4n) is 1.08. The number of aromatic nitrogens is 3. The van der Waals surface area contributed by atoms with Crippen LogP contribution in [0.3, 0.4) is 0 Å². The van der Waals surface area contributed by atoms with Crippen LogP contribution in [0.4, 0.5) is 4.39 Å². The van der Waals surface area contributed by atoms with E-state index >= 15 is 0 Å². The van der Waals surface area contributed by atoms with Gasteiger partial charge in [-0.15, -0.1) is 0 Å². The van der Waals surface area contributed by atoms with Crippen LogP contribution in [-0.4, -0.2) is 15.0 Å². The highest BCUT2D eigenvalue weighted by Gasteiger charge is 2.04. The van der Waals surface area contributed by atoms with E-state index in [9.17, 15) is 4.39 Å². The van der Waals surface area contributed by atoms with Crippen LogP contribution in [0.25, 0.3) is 10.9 Å². The van der Waals surface area contributed by atoms with E-state index in [-0.39, 0.29) is 5.15 Å². The molecule has 0 aliphatic rings. The molecule has 0 aliphatic carbocycles. The summed E-state index contributed by atoms with van der Waals surface area (Å²) in [5.74, 6) is -0.0345. The Hall–Kier alpha value is -1.29. The van der Waals surface area contributed by atoms with Crippen LogP contribution in [0, 0.1) is 12.9 Å². The lowest BCUT2D eigenvalue weighted by molar-refractivity contribution is 0.586. The van der Waals surface area contributed by atoms with Gasteiger partial charge in [-0.2, -0.15) is 4.39 Å². The minimum atomic E-state index is -0.582. The summed E-state index contributed by atoms with van der Waals surface area (Å²) in [7, 11) is 0. The summed E-state index contributed by atoms with van der Waals surface area (Å²) in [5.41, 5.74) is 0.555. The van der Waals surface area contributed by atoms with Crippen molar-refractivity contribution in [1.82, 2.24) is 15.0 Å². The first-order chi connectivity index (χ1) is 6.16. The molecule has 66 valence electrons. The molecule has 0 spiro atoms. The quantitative estimate of drug-likeness (QED) is 0.480. The lowest BCUT2D eigenvalue weighted by atomic mass is 10.3. The summed E-state index contributed by atoms with van der Waals surface area (Å²) >= 11 is 5.79. The zero-order valence-electron chi connectivity index (χ0n) is 6.75. The largest absolute Gasteiger partial charge is 0.231 e. The first-order valence-electron chi connectivity index (χ1n) is 3.62. The average molecular weight is 198 g/mol. The van der Waals surface area contributed by atoms with E-state index in [0.717, 1.165) is 0 Å². The molecule has 0 saturated heterocycles. The van der Waals surface area contributed by atoms with Crippen molar-refractivity contribution in [3.05, 3.63) is 29.2 Å². The van der Waals surface area contributed by atoms with Gasteiger partial charge in [0.25, 0.3) is 0 Å². The molecule has 0 aromatic carbocycles. The predicted molar refractivity (Wildman–Crippen MR) is 47.0 cm³/mol. The molecule has 0 unspecified atom stereocenters. The minimum Gasteiger partial charge on any atom is -0.231 e. The van der Waals surface area contributed by atoms with E-state index in [0.29, 0.717) is 16.7 Å². The standard InChI is InChI=1S/C8H5ClFN3/c1-4-12-6-3-11-7(10)2-5(6)8(9)13-4/h2-3H,1H3. The molecule has 2 heterocycles. The highest BCUT2D eigenvalue weighted by atomic mass is 35.5. The normalized spacial score (nSPS) is 10.7. The number of halogens is 2. The molecule has 0 fully saturated rings. The van der Waals surface area contributed by atoms with Crippen molar-refractivity contribution in [2.24, 2.45) is 0 Å². The Balaban J connectivity index is 2.87. The van der Waals surface area contributed by atoms with Crippen molar-refractivity contribution < 1.29 is 4.39 Å². The second-order valence-corrected chi connectivity index (χ2v) is 2.94. The van der Waals surface area contributed by atoms with Crippen molar-refractivity contribution >= 4 is 22.5 Å². The molecule has 0 atom stereocenters. The number of hydrogen-bond donors (Lipinski definition) is 0. The van der Waals surface area contributed by atoms with Gasteiger partial charge in [0, 0.05) is 11.5 Å². The van der Waals surface area contributed by atoms with E-state index in [1.54, 1.807) is 6.92 Å². The predicted octanol–water partition coefficient (Wildman–Crippen LogP) is 2.13. The van der Waals surface area contributed by atoms with E-state index in [1.807, 2.05) is 0 Å². The first-order valence-corrected chi connectivity index (χ1v) is 4.00. The number of rotatable bonds is 0. The van der Waals surface area contributed by atoms with Gasteiger partial charge in [-0.05, 0) is 6.92 Å². The fraction of sp³-hybridized carbons (Fsp3) is 0.125. The molecule has 2 aromatic rings. The number of aryl methyl sites for hydroxylation is 1. The van der Waals surface area contributed by atoms with Gasteiger partial charge in [-0.3, -0.25) is 0 Å². The summed E-state index contributed by atoms with van der Waals surface area (Å²) in [6.07, 6.45) is 1.34. The molecule has 13 heavy (non-hydrogen) atoms. The van der Waals surface area contributed by atoms with Crippen LogP contribution in [0.1, 0.15) is 5.82 Å². The Morgan fingerprint density at radius 1 is 1.38 bits per heavy atom. The van der Waals surface area contributed by atoms with Gasteiger partial charge >= 0.3 is 0 Å². The van der Waals surface area contributed by atoms with E-state index in [2.05, 4.69) is 15.0 Å². The fourth-order valence-corrected chi connectivity index (χ4v) is 1.35. The molecule has 0 bridgehead atoms. The Morgan fingerprint density at radius 2 is 2.15 bits per heavy atom. The highest BCUT2D eigenvalue weighted by Crippen LogP contribution is 2.19. The molecular formula is C8H5ClFN3. The number of nitrogens with zero attached hydrogens (tertiary/aromatic N) is 3. The molecule has 3 nitrogen and oxygen atoms in total. The summed E-state index contributed by atoms with van der Waals surface area (Å²) in [6, 6.07) is 1.22. The van der Waals surface area contributed by atoms with Gasteiger partial charge in [-0.1, -0.05) is 11.6 Å². The summed E-state index contributed by atoms with van der Waals surface area (Å²) in [5, 5.41) is 0.739. The SMILES string of the molecule is Cc1nc(Cl)c2cc(F)ncc2n1. The third kappa shape index (κ3) is 1.45.